The summed E-state index contributed by atoms with van der Waals surface area (Å²) in [6, 6.07) is 5.20. The Bertz CT molecular complexity index is 520. The quantitative estimate of drug-likeness (QED) is 0.585. The van der Waals surface area contributed by atoms with Gasteiger partial charge in [0.25, 0.3) is 11.8 Å². The van der Waals surface area contributed by atoms with Gasteiger partial charge in [0, 0.05) is 12.6 Å². The molecule has 0 fully saturated rings. The SMILES string of the molecule is CNC(=O)C[NH2+]CC(=O)N[C@H](C)c1cc(OC)ccc1OC. The molecule has 0 saturated carbocycles. The van der Waals surface area contributed by atoms with Crippen LogP contribution in [0.25, 0.3) is 0 Å². The molecule has 7 heteroatoms. The van der Waals surface area contributed by atoms with Gasteiger partial charge < -0.3 is 25.4 Å². The van der Waals surface area contributed by atoms with Gasteiger partial charge in [0.05, 0.1) is 20.3 Å². The molecule has 0 aliphatic heterocycles. The summed E-state index contributed by atoms with van der Waals surface area (Å²) >= 11 is 0. The van der Waals surface area contributed by atoms with Crippen LogP contribution in [-0.4, -0.2) is 46.2 Å². The van der Waals surface area contributed by atoms with Crippen LogP contribution < -0.4 is 25.4 Å². The molecule has 0 aliphatic rings. The number of carbonyl (C=O) groups is 2. The number of nitrogens with one attached hydrogen (secondary N) is 2. The third kappa shape index (κ3) is 5.25. The normalized spacial score (nSPS) is 11.5. The molecule has 0 unspecified atom stereocenters. The van der Waals surface area contributed by atoms with Crippen molar-refractivity contribution >= 4 is 11.8 Å². The van der Waals surface area contributed by atoms with Crippen molar-refractivity contribution in [1.29, 1.82) is 0 Å². The van der Waals surface area contributed by atoms with E-state index in [-0.39, 0.29) is 30.9 Å². The lowest BCUT2D eigenvalue weighted by Gasteiger charge is -2.17. The molecule has 22 heavy (non-hydrogen) atoms. The second-order valence-corrected chi connectivity index (χ2v) is 4.77. The third-order valence-corrected chi connectivity index (χ3v) is 3.22. The summed E-state index contributed by atoms with van der Waals surface area (Å²) in [5, 5.41) is 7.02. The first kappa shape index (κ1) is 17.8. The molecule has 0 aliphatic carbocycles. The van der Waals surface area contributed by atoms with E-state index < -0.39 is 0 Å². The highest BCUT2D eigenvalue weighted by Gasteiger charge is 2.16. The molecule has 7 nitrogen and oxygen atoms in total. The van der Waals surface area contributed by atoms with Gasteiger partial charge in [-0.3, -0.25) is 9.59 Å². The van der Waals surface area contributed by atoms with Gasteiger partial charge in [-0.25, -0.2) is 0 Å². The van der Waals surface area contributed by atoms with Crippen molar-refractivity contribution in [2.45, 2.75) is 13.0 Å². The predicted molar refractivity (Wildman–Crippen MR) is 81.8 cm³/mol. The van der Waals surface area contributed by atoms with Gasteiger partial charge in [0.1, 0.15) is 11.5 Å². The van der Waals surface area contributed by atoms with Gasteiger partial charge in [0.2, 0.25) is 0 Å². The number of amides is 2. The Labute approximate surface area is 130 Å². The van der Waals surface area contributed by atoms with Crippen molar-refractivity contribution in [2.24, 2.45) is 0 Å². The molecule has 0 spiro atoms. The van der Waals surface area contributed by atoms with E-state index in [1.807, 2.05) is 13.0 Å². The van der Waals surface area contributed by atoms with Gasteiger partial charge in [-0.1, -0.05) is 0 Å². The van der Waals surface area contributed by atoms with Gasteiger partial charge in [-0.05, 0) is 25.1 Å². The van der Waals surface area contributed by atoms with Crippen molar-refractivity contribution in [1.82, 2.24) is 10.6 Å². The Morgan fingerprint density at radius 2 is 1.86 bits per heavy atom. The number of methoxy groups -OCH3 is 2. The Morgan fingerprint density at radius 3 is 2.45 bits per heavy atom. The van der Waals surface area contributed by atoms with Crippen molar-refractivity contribution in [3.05, 3.63) is 23.8 Å². The molecular weight excluding hydrogens is 286 g/mol. The second-order valence-electron chi connectivity index (χ2n) is 4.77. The Balaban J connectivity index is 2.62. The van der Waals surface area contributed by atoms with E-state index in [4.69, 9.17) is 9.47 Å². The number of likely N-dealkylation sites (N-methyl/N-ethyl adjacent to an activating group) is 1. The highest BCUT2D eigenvalue weighted by molar-refractivity contribution is 5.78. The zero-order chi connectivity index (χ0) is 16.5. The minimum atomic E-state index is -0.231. The van der Waals surface area contributed by atoms with Crippen LogP contribution in [0.5, 0.6) is 11.5 Å². The number of benzene rings is 1. The van der Waals surface area contributed by atoms with Crippen molar-refractivity contribution < 1.29 is 24.4 Å². The third-order valence-electron chi connectivity index (χ3n) is 3.22. The fraction of sp³-hybridized carbons (Fsp3) is 0.467. The summed E-state index contributed by atoms with van der Waals surface area (Å²) in [6.45, 7) is 2.28. The first-order valence-corrected chi connectivity index (χ1v) is 7.05. The summed E-state index contributed by atoms with van der Waals surface area (Å²) in [5.41, 5.74) is 0.835. The lowest BCUT2D eigenvalue weighted by molar-refractivity contribution is -0.633. The van der Waals surface area contributed by atoms with Gasteiger partial charge >= 0.3 is 0 Å². The number of quaternary nitrogens is 1. The van der Waals surface area contributed by atoms with Crippen molar-refractivity contribution in [3.8, 4) is 11.5 Å². The largest absolute Gasteiger partial charge is 0.497 e. The van der Waals surface area contributed by atoms with E-state index in [0.29, 0.717) is 11.5 Å². The van der Waals surface area contributed by atoms with Crippen molar-refractivity contribution in [3.63, 3.8) is 0 Å². The molecule has 1 rings (SSSR count). The summed E-state index contributed by atoms with van der Waals surface area (Å²) in [7, 11) is 4.73. The highest BCUT2D eigenvalue weighted by Crippen LogP contribution is 2.28. The van der Waals surface area contributed by atoms with E-state index in [1.54, 1.807) is 38.7 Å². The van der Waals surface area contributed by atoms with Crippen molar-refractivity contribution in [2.75, 3.05) is 34.4 Å². The maximum Gasteiger partial charge on any atom is 0.275 e. The average molecular weight is 310 g/mol. The Hall–Kier alpha value is -2.28. The maximum absolute atomic E-state index is 11.9. The van der Waals surface area contributed by atoms with E-state index in [2.05, 4.69) is 10.6 Å². The zero-order valence-electron chi connectivity index (χ0n) is 13.4. The summed E-state index contributed by atoms with van der Waals surface area (Å²) in [4.78, 5) is 23.0. The number of rotatable bonds is 8. The van der Waals surface area contributed by atoms with Crippen LogP contribution in [0.4, 0.5) is 0 Å². The fourth-order valence-corrected chi connectivity index (χ4v) is 1.99. The van der Waals surface area contributed by atoms with E-state index in [9.17, 15) is 9.59 Å². The first-order valence-electron chi connectivity index (χ1n) is 7.05. The number of nitrogens with two attached hydrogens (primary N) is 1. The Morgan fingerprint density at radius 1 is 1.18 bits per heavy atom. The van der Waals surface area contributed by atoms with E-state index in [1.165, 1.54) is 0 Å². The van der Waals surface area contributed by atoms with E-state index in [0.717, 1.165) is 5.56 Å². The highest BCUT2D eigenvalue weighted by atomic mass is 16.5. The molecule has 0 saturated heterocycles. The molecule has 0 radical (unpaired) electrons. The molecule has 1 aromatic carbocycles. The molecule has 0 aromatic heterocycles. The van der Waals surface area contributed by atoms with Crippen LogP contribution in [0.3, 0.4) is 0 Å². The molecular formula is C15H24N3O4+. The zero-order valence-corrected chi connectivity index (χ0v) is 13.4. The van der Waals surface area contributed by atoms with E-state index >= 15 is 0 Å². The predicted octanol–water partition coefficient (Wildman–Crippen LogP) is -0.810. The summed E-state index contributed by atoms with van der Waals surface area (Å²) in [5.74, 6) is 1.11. The number of carbonyl (C=O) groups excluding carboxylic acids is 2. The molecule has 4 N–H and O–H groups in total. The van der Waals surface area contributed by atoms with Crippen LogP contribution in [0.2, 0.25) is 0 Å². The molecule has 0 heterocycles. The smallest absolute Gasteiger partial charge is 0.275 e. The number of hydrogen-bond donors (Lipinski definition) is 3. The minimum absolute atomic E-state index is 0.115. The molecule has 0 bridgehead atoms. The van der Waals surface area contributed by atoms with Crippen LogP contribution in [-0.2, 0) is 9.59 Å². The van der Waals surface area contributed by atoms with Crippen LogP contribution in [0.15, 0.2) is 18.2 Å². The van der Waals surface area contributed by atoms with Gasteiger partial charge in [-0.15, -0.1) is 0 Å². The fourth-order valence-electron chi connectivity index (χ4n) is 1.99. The lowest BCUT2D eigenvalue weighted by Crippen LogP contribution is -2.88. The standard InChI is InChI=1S/C15H23N3O4/c1-10(18-15(20)9-17-8-14(19)16-2)12-7-11(21-3)5-6-13(12)22-4/h5-7,10,17H,8-9H2,1-4H3,(H,16,19)(H,18,20)/p+1/t10-/m1/s1. The summed E-state index contributed by atoms with van der Waals surface area (Å²) < 4.78 is 10.5. The minimum Gasteiger partial charge on any atom is -0.497 e. The summed E-state index contributed by atoms with van der Waals surface area (Å²) in [6.07, 6.45) is 0. The topological polar surface area (TPSA) is 93.3 Å². The lowest BCUT2D eigenvalue weighted by atomic mass is 10.1. The van der Waals surface area contributed by atoms with Crippen LogP contribution in [0, 0.1) is 0 Å². The van der Waals surface area contributed by atoms with Crippen LogP contribution in [0.1, 0.15) is 18.5 Å². The van der Waals surface area contributed by atoms with Crippen LogP contribution >= 0.6 is 0 Å². The molecule has 1 atom stereocenters. The van der Waals surface area contributed by atoms with Gasteiger partial charge in [0.15, 0.2) is 13.1 Å². The number of ether oxygens (including phenoxy) is 2. The number of hydrogen-bond acceptors (Lipinski definition) is 4. The first-order chi connectivity index (χ1) is 10.5. The van der Waals surface area contributed by atoms with Gasteiger partial charge in [-0.2, -0.15) is 0 Å². The molecule has 2 amide bonds. The second kappa shape index (κ2) is 8.89. The molecule has 1 aromatic rings. The average Bonchev–Trinajstić information content (AvgIpc) is 2.53. The Kier molecular flexibility index (Phi) is 7.18. The maximum atomic E-state index is 11.9. The monoisotopic (exact) mass is 310 g/mol. The molecule has 122 valence electrons.